The van der Waals surface area contributed by atoms with Gasteiger partial charge in [0.1, 0.15) is 18.1 Å². The van der Waals surface area contributed by atoms with Gasteiger partial charge in [-0.2, -0.15) is 0 Å². The summed E-state index contributed by atoms with van der Waals surface area (Å²) in [7, 11) is 0. The lowest BCUT2D eigenvalue weighted by Gasteiger charge is -2.31. The van der Waals surface area contributed by atoms with Crippen molar-refractivity contribution in [3.63, 3.8) is 0 Å². The van der Waals surface area contributed by atoms with Crippen LogP contribution in [0.3, 0.4) is 0 Å². The second-order valence-electron chi connectivity index (χ2n) is 7.88. The van der Waals surface area contributed by atoms with E-state index in [0.29, 0.717) is 40.6 Å². The molecule has 30 heavy (non-hydrogen) atoms. The smallest absolute Gasteiger partial charge is 0.343 e. The molecule has 3 aliphatic heterocycles. The third-order valence-corrected chi connectivity index (χ3v) is 6.37. The van der Waals surface area contributed by atoms with Crippen molar-refractivity contribution in [1.82, 2.24) is 9.55 Å². The van der Waals surface area contributed by atoms with Gasteiger partial charge in [-0.15, -0.1) is 0 Å². The van der Waals surface area contributed by atoms with Crippen LogP contribution in [0.25, 0.3) is 22.3 Å². The Labute approximate surface area is 170 Å². The fourth-order valence-corrected chi connectivity index (χ4v) is 4.68. The van der Waals surface area contributed by atoms with Crippen molar-refractivity contribution in [2.24, 2.45) is 0 Å². The molecule has 0 spiro atoms. The zero-order chi connectivity index (χ0) is 20.8. The number of ether oxygens (including phenoxy) is 3. The number of hydrogen-bond acceptors (Lipinski definition) is 7. The molecule has 3 aliphatic rings. The highest BCUT2D eigenvalue weighted by Gasteiger charge is 2.45. The van der Waals surface area contributed by atoms with Crippen molar-refractivity contribution in [2.45, 2.75) is 39.0 Å². The summed E-state index contributed by atoms with van der Waals surface area (Å²) in [5, 5.41) is 11.8. The van der Waals surface area contributed by atoms with Crippen LogP contribution in [0.4, 0.5) is 0 Å². The first-order chi connectivity index (χ1) is 14.4. The van der Waals surface area contributed by atoms with E-state index in [1.165, 1.54) is 0 Å². The number of esters is 1. The van der Waals surface area contributed by atoms with Crippen LogP contribution < -0.4 is 15.0 Å². The predicted molar refractivity (Wildman–Crippen MR) is 105 cm³/mol. The third-order valence-electron chi connectivity index (χ3n) is 6.37. The molecule has 0 saturated carbocycles. The Balaban J connectivity index is 1.69. The molecular weight excluding hydrogens is 388 g/mol. The van der Waals surface area contributed by atoms with Crippen LogP contribution in [0, 0.1) is 6.92 Å². The van der Waals surface area contributed by atoms with Gasteiger partial charge in [0.25, 0.3) is 5.56 Å². The monoisotopic (exact) mass is 406 g/mol. The Kier molecular flexibility index (Phi) is 3.26. The van der Waals surface area contributed by atoms with Crippen molar-refractivity contribution >= 4 is 16.9 Å². The first-order valence-electron chi connectivity index (χ1n) is 9.83. The normalized spacial score (nSPS) is 20.7. The molecule has 2 aromatic heterocycles. The van der Waals surface area contributed by atoms with Gasteiger partial charge in [0.15, 0.2) is 5.60 Å². The summed E-state index contributed by atoms with van der Waals surface area (Å²) in [6.45, 7) is 3.87. The standard InChI is InChI=1S/C22H18N2O6/c1-3-22(27)13-6-14-18-11(7-24(14)20(25)12(13)8-28-21(22)26)19-16-15(29-9-30-19)5-4-10(2)17(16)23-18/h4-6,27H,3,7-9H2,1-2H3/t22-/m0/s1. The molecule has 8 nitrogen and oxygen atoms in total. The summed E-state index contributed by atoms with van der Waals surface area (Å²) >= 11 is 0. The fraction of sp³-hybridized carbons (Fsp3) is 0.318. The van der Waals surface area contributed by atoms with Gasteiger partial charge >= 0.3 is 5.97 Å². The molecule has 3 aromatic rings. The van der Waals surface area contributed by atoms with Gasteiger partial charge in [-0.25, -0.2) is 9.78 Å². The number of aliphatic hydroxyl groups is 1. The van der Waals surface area contributed by atoms with Crippen LogP contribution in [-0.2, 0) is 28.3 Å². The highest BCUT2D eigenvalue weighted by molar-refractivity contribution is 5.97. The SMILES string of the molecule is CC[C@@]1(O)C(=O)OCc2c1cc1n(c2=O)Cc2c-1nc1c(C)ccc3c1c2OCO3. The third kappa shape index (κ3) is 1.96. The summed E-state index contributed by atoms with van der Waals surface area (Å²) in [4.78, 5) is 30.5. The summed E-state index contributed by atoms with van der Waals surface area (Å²) < 4.78 is 18.2. The maximum atomic E-state index is 13.3. The molecule has 1 N–H and O–H groups in total. The average molecular weight is 406 g/mol. The Bertz CT molecular complexity index is 1360. The van der Waals surface area contributed by atoms with Gasteiger partial charge < -0.3 is 23.9 Å². The van der Waals surface area contributed by atoms with Gasteiger partial charge in [-0.05, 0) is 31.0 Å². The Morgan fingerprint density at radius 1 is 1.20 bits per heavy atom. The van der Waals surface area contributed by atoms with Gasteiger partial charge in [-0.3, -0.25) is 4.79 Å². The first-order valence-corrected chi connectivity index (χ1v) is 9.83. The van der Waals surface area contributed by atoms with Gasteiger partial charge in [0.2, 0.25) is 6.79 Å². The molecule has 0 amide bonds. The molecule has 0 radical (unpaired) electrons. The van der Waals surface area contributed by atoms with Gasteiger partial charge in [0, 0.05) is 11.1 Å². The van der Waals surface area contributed by atoms with Crippen LogP contribution in [0.15, 0.2) is 23.0 Å². The number of benzene rings is 1. The number of fused-ring (bicyclic) bond motifs is 5. The molecule has 8 heteroatoms. The zero-order valence-electron chi connectivity index (χ0n) is 16.4. The first kappa shape index (κ1) is 17.5. The maximum Gasteiger partial charge on any atom is 0.343 e. The van der Waals surface area contributed by atoms with E-state index in [4.69, 9.17) is 19.2 Å². The summed E-state index contributed by atoms with van der Waals surface area (Å²) in [5.74, 6) is 0.635. The molecule has 5 heterocycles. The quantitative estimate of drug-likeness (QED) is 0.483. The highest BCUT2D eigenvalue weighted by atomic mass is 16.7. The van der Waals surface area contributed by atoms with Gasteiger partial charge in [0.05, 0.1) is 34.4 Å². The van der Waals surface area contributed by atoms with Gasteiger partial charge in [-0.1, -0.05) is 13.0 Å². The molecule has 0 aliphatic carbocycles. The molecule has 0 fully saturated rings. The van der Waals surface area contributed by atoms with E-state index in [1.807, 2.05) is 19.1 Å². The van der Waals surface area contributed by atoms with Crippen molar-refractivity contribution in [2.75, 3.05) is 6.79 Å². The second-order valence-corrected chi connectivity index (χ2v) is 7.88. The van der Waals surface area contributed by atoms with E-state index in [1.54, 1.807) is 17.6 Å². The van der Waals surface area contributed by atoms with Crippen molar-refractivity contribution in [3.05, 3.63) is 50.8 Å². The van der Waals surface area contributed by atoms with Crippen molar-refractivity contribution in [3.8, 4) is 22.9 Å². The van der Waals surface area contributed by atoms with Crippen LogP contribution >= 0.6 is 0 Å². The van der Waals surface area contributed by atoms with Crippen molar-refractivity contribution < 1.29 is 24.1 Å². The number of nitrogens with zero attached hydrogens (tertiary/aromatic N) is 2. The van der Waals surface area contributed by atoms with Crippen LogP contribution in [-0.4, -0.2) is 27.4 Å². The highest BCUT2D eigenvalue weighted by Crippen LogP contribution is 2.46. The molecule has 152 valence electrons. The Hall–Kier alpha value is -3.39. The Morgan fingerprint density at radius 3 is 2.83 bits per heavy atom. The molecule has 1 aromatic carbocycles. The number of aromatic nitrogens is 2. The topological polar surface area (TPSA) is 99.9 Å². The number of rotatable bonds is 1. The molecule has 0 bridgehead atoms. The number of cyclic esters (lactones) is 1. The number of carbonyl (C=O) groups is 1. The molecule has 6 rings (SSSR count). The lowest BCUT2D eigenvalue weighted by Crippen LogP contribution is -2.44. The molecular formula is C22H18N2O6. The Morgan fingerprint density at radius 2 is 2.03 bits per heavy atom. The lowest BCUT2D eigenvalue weighted by molar-refractivity contribution is -0.172. The van der Waals surface area contributed by atoms with E-state index in [0.717, 1.165) is 22.0 Å². The minimum atomic E-state index is -1.84. The second kappa shape index (κ2) is 5.60. The van der Waals surface area contributed by atoms with Crippen molar-refractivity contribution in [1.29, 1.82) is 0 Å². The molecule has 1 atom stereocenters. The lowest BCUT2D eigenvalue weighted by atomic mass is 9.86. The van der Waals surface area contributed by atoms with E-state index in [2.05, 4.69) is 0 Å². The number of carbonyl (C=O) groups excluding carboxylic acids is 1. The molecule has 0 saturated heterocycles. The number of pyridine rings is 2. The fourth-order valence-electron chi connectivity index (χ4n) is 4.68. The number of aryl methyl sites for hydroxylation is 1. The minimum Gasteiger partial charge on any atom is -0.458 e. The van der Waals surface area contributed by atoms with E-state index >= 15 is 0 Å². The minimum absolute atomic E-state index is 0.0846. The van der Waals surface area contributed by atoms with E-state index < -0.39 is 11.6 Å². The van der Waals surface area contributed by atoms with E-state index in [9.17, 15) is 14.7 Å². The van der Waals surface area contributed by atoms with E-state index in [-0.39, 0.29) is 25.4 Å². The van der Waals surface area contributed by atoms with Crippen LogP contribution in [0.5, 0.6) is 11.5 Å². The largest absolute Gasteiger partial charge is 0.458 e. The number of hydrogen-bond donors (Lipinski definition) is 1. The average Bonchev–Trinajstić information content (AvgIpc) is 3.13. The summed E-state index contributed by atoms with van der Waals surface area (Å²) in [6, 6.07) is 5.54. The molecule has 0 unspecified atom stereocenters. The zero-order valence-corrected chi connectivity index (χ0v) is 16.4. The predicted octanol–water partition coefficient (Wildman–Crippen LogP) is 2.12. The van der Waals surface area contributed by atoms with Crippen LogP contribution in [0.2, 0.25) is 0 Å². The summed E-state index contributed by atoms with van der Waals surface area (Å²) in [6.07, 6.45) is 0.105. The maximum absolute atomic E-state index is 13.3. The summed E-state index contributed by atoms with van der Waals surface area (Å²) in [5.41, 5.74) is 2.15. The van der Waals surface area contributed by atoms with Crippen LogP contribution in [0.1, 0.15) is 35.6 Å².